The molecule has 0 saturated carbocycles. The molecule has 0 aromatic heterocycles. The zero-order valence-electron chi connectivity index (χ0n) is 16.3. The monoisotopic (exact) mass is 373 g/mol. The van der Waals surface area contributed by atoms with Gasteiger partial charge in [-0.3, -0.25) is 9.69 Å². The van der Waals surface area contributed by atoms with Crippen molar-refractivity contribution in [1.29, 1.82) is 0 Å². The predicted molar refractivity (Wildman–Crippen MR) is 106 cm³/mol. The SMILES string of the molecule is CC1CCN(c2ccc(NC(=O)CN3CCC4(CC3)OCCO4)cc2)CC1. The first-order valence-corrected chi connectivity index (χ1v) is 10.3. The molecule has 3 aliphatic heterocycles. The third kappa shape index (κ3) is 4.62. The van der Waals surface area contributed by atoms with Gasteiger partial charge in [-0.1, -0.05) is 6.92 Å². The van der Waals surface area contributed by atoms with E-state index in [1.807, 2.05) is 12.1 Å². The van der Waals surface area contributed by atoms with Crippen LogP contribution in [0.25, 0.3) is 0 Å². The molecule has 1 amide bonds. The van der Waals surface area contributed by atoms with Crippen LogP contribution >= 0.6 is 0 Å². The number of hydrogen-bond acceptors (Lipinski definition) is 5. The van der Waals surface area contributed by atoms with Crippen LogP contribution < -0.4 is 10.2 Å². The van der Waals surface area contributed by atoms with E-state index < -0.39 is 0 Å². The predicted octanol–water partition coefficient (Wildman–Crippen LogP) is 2.70. The van der Waals surface area contributed by atoms with Gasteiger partial charge in [-0.25, -0.2) is 0 Å². The summed E-state index contributed by atoms with van der Waals surface area (Å²) in [7, 11) is 0. The minimum atomic E-state index is -0.380. The number of rotatable bonds is 4. The van der Waals surface area contributed by atoms with E-state index >= 15 is 0 Å². The molecule has 3 fully saturated rings. The second-order valence-corrected chi connectivity index (χ2v) is 8.15. The van der Waals surface area contributed by atoms with E-state index in [1.165, 1.54) is 18.5 Å². The van der Waals surface area contributed by atoms with Crippen LogP contribution in [-0.2, 0) is 14.3 Å². The molecule has 0 bridgehead atoms. The van der Waals surface area contributed by atoms with E-state index in [1.54, 1.807) is 0 Å². The topological polar surface area (TPSA) is 54.0 Å². The summed E-state index contributed by atoms with van der Waals surface area (Å²) in [6.45, 7) is 8.03. The van der Waals surface area contributed by atoms with Crippen molar-refractivity contribution in [3.63, 3.8) is 0 Å². The molecular weight excluding hydrogens is 342 g/mol. The fourth-order valence-electron chi connectivity index (χ4n) is 4.26. The first kappa shape index (κ1) is 18.7. The summed E-state index contributed by atoms with van der Waals surface area (Å²) in [6.07, 6.45) is 4.18. The van der Waals surface area contributed by atoms with Gasteiger partial charge in [-0.2, -0.15) is 0 Å². The molecular formula is C21H31N3O3. The van der Waals surface area contributed by atoms with E-state index in [4.69, 9.17) is 9.47 Å². The van der Waals surface area contributed by atoms with Gasteiger partial charge >= 0.3 is 0 Å². The first-order valence-electron chi connectivity index (χ1n) is 10.3. The summed E-state index contributed by atoms with van der Waals surface area (Å²) >= 11 is 0. The Labute approximate surface area is 161 Å². The molecule has 0 radical (unpaired) electrons. The molecule has 0 aliphatic carbocycles. The summed E-state index contributed by atoms with van der Waals surface area (Å²) < 4.78 is 11.5. The maximum Gasteiger partial charge on any atom is 0.238 e. The van der Waals surface area contributed by atoms with Crippen LogP contribution in [0.1, 0.15) is 32.6 Å². The van der Waals surface area contributed by atoms with Gasteiger partial charge in [0.2, 0.25) is 5.91 Å². The minimum Gasteiger partial charge on any atom is -0.372 e. The highest BCUT2D eigenvalue weighted by molar-refractivity contribution is 5.92. The number of benzene rings is 1. The molecule has 27 heavy (non-hydrogen) atoms. The largest absolute Gasteiger partial charge is 0.372 e. The van der Waals surface area contributed by atoms with E-state index in [0.717, 1.165) is 50.6 Å². The van der Waals surface area contributed by atoms with Gasteiger partial charge in [0.15, 0.2) is 5.79 Å². The van der Waals surface area contributed by atoms with E-state index in [-0.39, 0.29) is 11.7 Å². The average molecular weight is 373 g/mol. The Kier molecular flexibility index (Phi) is 5.66. The van der Waals surface area contributed by atoms with Crippen LogP contribution in [0.15, 0.2) is 24.3 Å². The second kappa shape index (κ2) is 8.17. The van der Waals surface area contributed by atoms with Crippen molar-refractivity contribution in [2.75, 3.05) is 56.2 Å². The van der Waals surface area contributed by atoms with Gasteiger partial charge in [0.25, 0.3) is 0 Å². The number of amides is 1. The average Bonchev–Trinajstić information content (AvgIpc) is 3.13. The fourth-order valence-corrected chi connectivity index (χ4v) is 4.26. The third-order valence-corrected chi connectivity index (χ3v) is 6.10. The van der Waals surface area contributed by atoms with E-state index in [2.05, 4.69) is 34.2 Å². The third-order valence-electron chi connectivity index (χ3n) is 6.10. The lowest BCUT2D eigenvalue weighted by atomic mass is 9.99. The summed E-state index contributed by atoms with van der Waals surface area (Å²) in [6, 6.07) is 8.25. The highest BCUT2D eigenvalue weighted by Gasteiger charge is 2.39. The lowest BCUT2D eigenvalue weighted by Gasteiger charge is -2.37. The molecule has 1 spiro atoms. The number of carbonyl (C=O) groups excluding carboxylic acids is 1. The van der Waals surface area contributed by atoms with Crippen molar-refractivity contribution < 1.29 is 14.3 Å². The van der Waals surface area contributed by atoms with Crippen LogP contribution in [0.5, 0.6) is 0 Å². The first-order chi connectivity index (χ1) is 13.1. The summed E-state index contributed by atoms with van der Waals surface area (Å²) in [5.74, 6) is 0.490. The van der Waals surface area contributed by atoms with Crippen molar-refractivity contribution in [2.24, 2.45) is 5.92 Å². The molecule has 6 nitrogen and oxygen atoms in total. The quantitative estimate of drug-likeness (QED) is 0.879. The van der Waals surface area contributed by atoms with Gasteiger partial charge in [0.05, 0.1) is 19.8 Å². The van der Waals surface area contributed by atoms with E-state index in [9.17, 15) is 4.79 Å². The lowest BCUT2D eigenvalue weighted by molar-refractivity contribution is -0.185. The summed E-state index contributed by atoms with van der Waals surface area (Å²) in [4.78, 5) is 17.0. The molecule has 0 atom stereocenters. The van der Waals surface area contributed by atoms with Gasteiger partial charge in [0.1, 0.15) is 0 Å². The van der Waals surface area contributed by atoms with Crippen molar-refractivity contribution in [2.45, 2.75) is 38.4 Å². The summed E-state index contributed by atoms with van der Waals surface area (Å²) in [5.41, 5.74) is 2.11. The Hall–Kier alpha value is -1.63. The highest BCUT2D eigenvalue weighted by Crippen LogP contribution is 2.31. The molecule has 148 valence electrons. The molecule has 1 aromatic rings. The number of hydrogen-bond donors (Lipinski definition) is 1. The van der Waals surface area contributed by atoms with Crippen molar-refractivity contribution in [1.82, 2.24) is 4.90 Å². The van der Waals surface area contributed by atoms with Crippen molar-refractivity contribution in [3.05, 3.63) is 24.3 Å². The number of anilines is 2. The zero-order chi connectivity index (χ0) is 18.7. The van der Waals surface area contributed by atoms with Crippen molar-refractivity contribution >= 4 is 17.3 Å². The van der Waals surface area contributed by atoms with Gasteiger partial charge < -0.3 is 19.7 Å². The summed E-state index contributed by atoms with van der Waals surface area (Å²) in [5, 5.41) is 3.03. The number of carbonyl (C=O) groups is 1. The van der Waals surface area contributed by atoms with Crippen molar-refractivity contribution in [3.8, 4) is 0 Å². The highest BCUT2D eigenvalue weighted by atomic mass is 16.7. The van der Waals surface area contributed by atoms with Gasteiger partial charge in [-0.15, -0.1) is 0 Å². The standard InChI is InChI=1S/C21H31N3O3/c1-17-6-10-24(11-7-17)19-4-2-18(3-5-19)22-20(25)16-23-12-8-21(9-13-23)26-14-15-27-21/h2-5,17H,6-16H2,1H3,(H,22,25). The number of nitrogens with one attached hydrogen (secondary N) is 1. The zero-order valence-corrected chi connectivity index (χ0v) is 16.3. The normalized spacial score (nSPS) is 23.7. The molecule has 1 aromatic carbocycles. The minimum absolute atomic E-state index is 0.0405. The number of likely N-dealkylation sites (tertiary alicyclic amines) is 1. The van der Waals surface area contributed by atoms with Crippen LogP contribution in [0.3, 0.4) is 0 Å². The van der Waals surface area contributed by atoms with Crippen LogP contribution in [0.4, 0.5) is 11.4 Å². The number of piperidine rings is 2. The van der Waals surface area contributed by atoms with Crippen LogP contribution in [0.2, 0.25) is 0 Å². The second-order valence-electron chi connectivity index (χ2n) is 8.15. The Morgan fingerprint density at radius 2 is 1.70 bits per heavy atom. The Bertz CT molecular complexity index is 625. The van der Waals surface area contributed by atoms with Crippen LogP contribution in [-0.4, -0.2) is 62.5 Å². The van der Waals surface area contributed by atoms with E-state index in [0.29, 0.717) is 19.8 Å². The molecule has 6 heteroatoms. The molecule has 3 aliphatic rings. The number of ether oxygens (including phenoxy) is 2. The Morgan fingerprint density at radius 3 is 2.33 bits per heavy atom. The molecule has 1 N–H and O–H groups in total. The molecule has 3 heterocycles. The molecule has 4 rings (SSSR count). The van der Waals surface area contributed by atoms with Gasteiger partial charge in [-0.05, 0) is 43.0 Å². The van der Waals surface area contributed by atoms with Gasteiger partial charge in [0, 0.05) is 50.4 Å². The maximum atomic E-state index is 12.4. The molecule has 0 unspecified atom stereocenters. The number of nitrogens with zero attached hydrogens (tertiary/aromatic N) is 2. The smallest absolute Gasteiger partial charge is 0.238 e. The molecule has 3 saturated heterocycles. The van der Waals surface area contributed by atoms with Crippen LogP contribution in [0, 0.1) is 5.92 Å². The maximum absolute atomic E-state index is 12.4. The lowest BCUT2D eigenvalue weighted by Crippen LogP contribution is -2.47. The Morgan fingerprint density at radius 1 is 1.07 bits per heavy atom. The fraction of sp³-hybridized carbons (Fsp3) is 0.667. The Balaban J connectivity index is 1.24.